The Hall–Kier alpha value is -1.78. The monoisotopic (exact) mass is 450 g/mol. The average molecular weight is 451 g/mol. The van der Waals surface area contributed by atoms with Crippen molar-refractivity contribution >= 4 is 32.4 Å². The van der Waals surface area contributed by atoms with Gasteiger partial charge in [-0.05, 0) is 68.4 Å². The summed E-state index contributed by atoms with van der Waals surface area (Å²) in [5.74, 6) is 2.52. The largest absolute Gasteiger partial charge is 0.468 e. The zero-order valence-corrected chi connectivity index (χ0v) is 18.5. The zero-order chi connectivity index (χ0) is 20.9. The SMILES string of the molecule is CCN(Cc1ccco1)S(=O)(=O)c1nnc(NC(=O)C23CC4CC(CC(C4)C2)C3)s1. The second-order valence-electron chi connectivity index (χ2n) is 9.04. The molecular weight excluding hydrogens is 424 g/mol. The summed E-state index contributed by atoms with van der Waals surface area (Å²) in [5, 5.41) is 11.0. The lowest BCUT2D eigenvalue weighted by Gasteiger charge is -2.55. The first kappa shape index (κ1) is 20.1. The summed E-state index contributed by atoms with van der Waals surface area (Å²) in [6.45, 7) is 2.16. The van der Waals surface area contributed by atoms with Gasteiger partial charge in [0.05, 0.1) is 18.2 Å². The standard InChI is InChI=1S/C20H26N4O4S2/c1-2-24(12-16-4-3-5-28-16)30(26,27)19-23-22-18(29-19)21-17(25)20-9-13-6-14(10-20)8-15(7-13)11-20/h3-5,13-15H,2,6-12H2,1H3,(H,21,22,25). The van der Waals surface area contributed by atoms with E-state index in [9.17, 15) is 13.2 Å². The molecule has 0 atom stereocenters. The summed E-state index contributed by atoms with van der Waals surface area (Å²) in [6, 6.07) is 3.45. The van der Waals surface area contributed by atoms with Crippen LogP contribution in [0.25, 0.3) is 0 Å². The van der Waals surface area contributed by atoms with Crippen molar-refractivity contribution in [3.8, 4) is 0 Å². The molecule has 0 unspecified atom stereocenters. The predicted molar refractivity (Wildman–Crippen MR) is 111 cm³/mol. The number of hydrogen-bond donors (Lipinski definition) is 1. The molecule has 0 spiro atoms. The second-order valence-corrected chi connectivity index (χ2v) is 12.1. The third kappa shape index (κ3) is 3.48. The summed E-state index contributed by atoms with van der Waals surface area (Å²) >= 11 is 0.914. The van der Waals surface area contributed by atoms with Crippen LogP contribution in [0.1, 0.15) is 51.2 Å². The molecule has 2 heterocycles. The van der Waals surface area contributed by atoms with Crippen molar-refractivity contribution in [1.82, 2.24) is 14.5 Å². The van der Waals surface area contributed by atoms with Gasteiger partial charge >= 0.3 is 0 Å². The van der Waals surface area contributed by atoms with Crippen LogP contribution in [0.5, 0.6) is 0 Å². The van der Waals surface area contributed by atoms with Gasteiger partial charge < -0.3 is 9.73 Å². The molecular formula is C20H26N4O4S2. The number of anilines is 1. The number of rotatable bonds is 7. The minimum atomic E-state index is -3.82. The summed E-state index contributed by atoms with van der Waals surface area (Å²) in [6.07, 6.45) is 8.13. The van der Waals surface area contributed by atoms with Crippen molar-refractivity contribution in [2.24, 2.45) is 23.2 Å². The molecule has 0 radical (unpaired) electrons. The van der Waals surface area contributed by atoms with Crippen molar-refractivity contribution < 1.29 is 17.6 Å². The van der Waals surface area contributed by atoms with E-state index in [1.54, 1.807) is 19.1 Å². The first-order valence-corrected chi connectivity index (χ1v) is 12.8. The number of hydrogen-bond acceptors (Lipinski definition) is 7. The number of carbonyl (C=O) groups excluding carboxylic acids is 1. The Kier molecular flexibility index (Phi) is 4.98. The first-order valence-electron chi connectivity index (χ1n) is 10.6. The highest BCUT2D eigenvalue weighted by Crippen LogP contribution is 2.60. The van der Waals surface area contributed by atoms with Crippen molar-refractivity contribution in [3.05, 3.63) is 24.2 Å². The number of sulfonamides is 1. The van der Waals surface area contributed by atoms with Gasteiger partial charge in [0.2, 0.25) is 15.4 Å². The fraction of sp³-hybridized carbons (Fsp3) is 0.650. The summed E-state index contributed by atoms with van der Waals surface area (Å²) < 4.78 is 32.4. The molecule has 0 aromatic carbocycles. The average Bonchev–Trinajstić information content (AvgIpc) is 3.37. The molecule has 4 aliphatic rings. The lowest BCUT2D eigenvalue weighted by Crippen LogP contribution is -2.51. The second kappa shape index (κ2) is 7.42. The molecule has 30 heavy (non-hydrogen) atoms. The van der Waals surface area contributed by atoms with Crippen LogP contribution in [-0.2, 0) is 21.4 Å². The molecule has 10 heteroatoms. The topological polar surface area (TPSA) is 105 Å². The van der Waals surface area contributed by atoms with E-state index in [0.717, 1.165) is 30.6 Å². The molecule has 0 saturated heterocycles. The highest BCUT2D eigenvalue weighted by molar-refractivity contribution is 7.91. The highest BCUT2D eigenvalue weighted by atomic mass is 32.2. The van der Waals surface area contributed by atoms with Gasteiger partial charge in [0, 0.05) is 6.54 Å². The maximum atomic E-state index is 13.2. The molecule has 2 aromatic heterocycles. The Balaban J connectivity index is 1.31. The van der Waals surface area contributed by atoms with E-state index in [0.29, 0.717) is 23.5 Å². The maximum Gasteiger partial charge on any atom is 0.272 e. The minimum Gasteiger partial charge on any atom is -0.468 e. The Labute approximate surface area is 180 Å². The first-order chi connectivity index (χ1) is 14.4. The molecule has 8 nitrogen and oxygen atoms in total. The summed E-state index contributed by atoms with van der Waals surface area (Å²) in [5.41, 5.74) is -0.311. The smallest absolute Gasteiger partial charge is 0.272 e. The van der Waals surface area contributed by atoms with Crippen LogP contribution < -0.4 is 5.32 Å². The van der Waals surface area contributed by atoms with Crippen molar-refractivity contribution in [2.45, 2.75) is 56.3 Å². The summed E-state index contributed by atoms with van der Waals surface area (Å²) in [7, 11) is -3.82. The number of nitrogens with one attached hydrogen (secondary N) is 1. The van der Waals surface area contributed by atoms with Crippen LogP contribution in [-0.4, -0.2) is 35.4 Å². The van der Waals surface area contributed by atoms with E-state index < -0.39 is 10.0 Å². The van der Waals surface area contributed by atoms with E-state index in [1.165, 1.54) is 29.8 Å². The Bertz CT molecular complexity index is 996. The Morgan fingerprint density at radius 2 is 1.90 bits per heavy atom. The van der Waals surface area contributed by atoms with Crippen LogP contribution in [0, 0.1) is 23.2 Å². The van der Waals surface area contributed by atoms with Crippen molar-refractivity contribution in [2.75, 3.05) is 11.9 Å². The maximum absolute atomic E-state index is 13.2. The van der Waals surface area contributed by atoms with E-state index in [2.05, 4.69) is 15.5 Å². The van der Waals surface area contributed by atoms with Crippen LogP contribution >= 0.6 is 11.3 Å². The van der Waals surface area contributed by atoms with Gasteiger partial charge in [-0.1, -0.05) is 18.3 Å². The predicted octanol–water partition coefficient (Wildman–Crippen LogP) is 3.50. The Morgan fingerprint density at radius 1 is 1.23 bits per heavy atom. The number of amides is 1. The molecule has 4 aliphatic carbocycles. The summed E-state index contributed by atoms with van der Waals surface area (Å²) in [4.78, 5) is 13.2. The van der Waals surface area contributed by atoms with Gasteiger partial charge in [0.25, 0.3) is 10.0 Å². The Morgan fingerprint density at radius 3 is 2.47 bits per heavy atom. The molecule has 4 fully saturated rings. The van der Waals surface area contributed by atoms with Crippen LogP contribution in [0.4, 0.5) is 5.13 Å². The molecule has 4 bridgehead atoms. The van der Waals surface area contributed by atoms with Gasteiger partial charge in [0.1, 0.15) is 5.76 Å². The van der Waals surface area contributed by atoms with Crippen molar-refractivity contribution in [1.29, 1.82) is 0 Å². The highest BCUT2D eigenvalue weighted by Gasteiger charge is 2.54. The van der Waals surface area contributed by atoms with Crippen molar-refractivity contribution in [3.63, 3.8) is 0 Å². The fourth-order valence-electron chi connectivity index (χ4n) is 6.04. The number of nitrogens with zero attached hydrogens (tertiary/aromatic N) is 3. The molecule has 162 valence electrons. The molecule has 4 saturated carbocycles. The van der Waals surface area contributed by atoms with Gasteiger partial charge in [-0.15, -0.1) is 10.2 Å². The van der Waals surface area contributed by atoms with E-state index in [1.807, 2.05) is 0 Å². The molecule has 0 aliphatic heterocycles. The van der Waals surface area contributed by atoms with E-state index >= 15 is 0 Å². The molecule has 1 amide bonds. The quantitative estimate of drug-likeness (QED) is 0.647. The lowest BCUT2D eigenvalue weighted by molar-refractivity contribution is -0.140. The number of carbonyl (C=O) groups is 1. The van der Waals surface area contributed by atoms with E-state index in [4.69, 9.17) is 4.42 Å². The van der Waals surface area contributed by atoms with Gasteiger partial charge in [-0.3, -0.25) is 4.79 Å². The third-order valence-corrected chi connectivity index (χ3v) is 10.1. The van der Waals surface area contributed by atoms with Crippen LogP contribution in [0.15, 0.2) is 27.2 Å². The fourth-order valence-corrected chi connectivity index (χ4v) is 8.49. The third-order valence-electron chi connectivity index (χ3n) is 6.97. The molecule has 2 aromatic rings. The van der Waals surface area contributed by atoms with Crippen LogP contribution in [0.2, 0.25) is 0 Å². The lowest BCUT2D eigenvalue weighted by atomic mass is 9.49. The van der Waals surface area contributed by atoms with Gasteiger partial charge in [0.15, 0.2) is 0 Å². The molecule has 1 N–H and O–H groups in total. The van der Waals surface area contributed by atoms with Gasteiger partial charge in [-0.25, -0.2) is 8.42 Å². The normalized spacial score (nSPS) is 30.1. The van der Waals surface area contributed by atoms with Crippen LogP contribution in [0.3, 0.4) is 0 Å². The molecule has 6 rings (SSSR count). The van der Waals surface area contributed by atoms with E-state index in [-0.39, 0.29) is 33.9 Å². The number of aromatic nitrogens is 2. The number of furan rings is 1. The zero-order valence-electron chi connectivity index (χ0n) is 16.9. The van der Waals surface area contributed by atoms with Gasteiger partial charge in [-0.2, -0.15) is 4.31 Å². The minimum absolute atomic E-state index is 0.00960.